The van der Waals surface area contributed by atoms with Crippen LogP contribution in [0.3, 0.4) is 0 Å². The van der Waals surface area contributed by atoms with E-state index in [1.165, 1.54) is 24.3 Å². The number of benzene rings is 3. The van der Waals surface area contributed by atoms with Crippen molar-refractivity contribution >= 4 is 44.8 Å². The quantitative estimate of drug-likeness (QED) is 0.171. The first-order valence-electron chi connectivity index (χ1n) is 9.72. The third-order valence-corrected chi connectivity index (χ3v) is 5.01. The summed E-state index contributed by atoms with van der Waals surface area (Å²) in [7, 11) is 0. The summed E-state index contributed by atoms with van der Waals surface area (Å²) < 4.78 is 0. The Kier molecular flexibility index (Phi) is 6.19. The van der Waals surface area contributed by atoms with Gasteiger partial charge in [0.25, 0.3) is 11.4 Å². The molecule has 8 nitrogen and oxygen atoms in total. The van der Waals surface area contributed by atoms with E-state index in [9.17, 15) is 20.2 Å². The van der Waals surface area contributed by atoms with Crippen LogP contribution in [0.25, 0.3) is 33.1 Å². The highest BCUT2D eigenvalue weighted by molar-refractivity contribution is 6.29. The van der Waals surface area contributed by atoms with E-state index in [1.807, 2.05) is 42.5 Å². The summed E-state index contributed by atoms with van der Waals surface area (Å²) in [5, 5.41) is 23.1. The molecule has 0 amide bonds. The molecule has 0 radical (unpaired) electrons. The molecule has 5 rings (SSSR count). The summed E-state index contributed by atoms with van der Waals surface area (Å²) in [6.45, 7) is 0. The van der Waals surface area contributed by atoms with Gasteiger partial charge in [0.05, 0.1) is 26.6 Å². The Bertz CT molecular complexity index is 1490. The van der Waals surface area contributed by atoms with Gasteiger partial charge < -0.3 is 0 Å². The summed E-state index contributed by atoms with van der Waals surface area (Å²) in [5.74, 6) is 0. The average Bonchev–Trinajstić information content (AvgIpc) is 2.84. The van der Waals surface area contributed by atoms with Crippen LogP contribution in [-0.4, -0.2) is 19.8 Å². The van der Waals surface area contributed by atoms with E-state index in [-0.39, 0.29) is 11.4 Å². The van der Waals surface area contributed by atoms with Gasteiger partial charge in [0.15, 0.2) is 0 Å². The van der Waals surface area contributed by atoms with E-state index < -0.39 is 9.85 Å². The van der Waals surface area contributed by atoms with Crippen molar-refractivity contribution in [3.63, 3.8) is 0 Å². The molecular formula is C24H15ClN4O4. The van der Waals surface area contributed by atoms with Crippen molar-refractivity contribution in [2.75, 3.05) is 0 Å². The standard InChI is InChI=1S/C15H10N2O2.C9H5ClN2O2/c18-17(19)13-7-9-15-12(10-13)6-8-14(16-15)11-4-2-1-3-5-11;10-9-4-1-6-5-7(12(13)14)2-3-8(6)11-9/h1-10H;1-5H. The second-order valence-corrected chi connectivity index (χ2v) is 7.35. The van der Waals surface area contributed by atoms with Crippen LogP contribution < -0.4 is 0 Å². The smallest absolute Gasteiger partial charge is 0.258 e. The molecule has 0 saturated carbocycles. The molecule has 162 valence electrons. The molecule has 3 aromatic carbocycles. The van der Waals surface area contributed by atoms with Crippen LogP contribution in [0.2, 0.25) is 5.15 Å². The number of halogens is 1. The number of nitro groups is 2. The fourth-order valence-electron chi connectivity index (χ4n) is 3.20. The molecule has 0 fully saturated rings. The molecule has 2 aromatic heterocycles. The zero-order chi connectivity index (χ0) is 23.4. The summed E-state index contributed by atoms with van der Waals surface area (Å²) in [6.07, 6.45) is 0. The first-order chi connectivity index (χ1) is 15.9. The molecule has 0 saturated heterocycles. The van der Waals surface area contributed by atoms with E-state index in [0.29, 0.717) is 16.1 Å². The first kappa shape index (κ1) is 21.8. The molecule has 2 heterocycles. The average molecular weight is 459 g/mol. The van der Waals surface area contributed by atoms with E-state index in [0.717, 1.165) is 22.2 Å². The number of hydrogen-bond acceptors (Lipinski definition) is 6. The van der Waals surface area contributed by atoms with Gasteiger partial charge in [-0.3, -0.25) is 20.2 Å². The van der Waals surface area contributed by atoms with Crippen LogP contribution in [-0.2, 0) is 0 Å². The Labute approximate surface area is 192 Å². The summed E-state index contributed by atoms with van der Waals surface area (Å²) in [4.78, 5) is 28.9. The highest BCUT2D eigenvalue weighted by Gasteiger charge is 2.08. The number of non-ortho nitro benzene ring substituents is 2. The van der Waals surface area contributed by atoms with Crippen molar-refractivity contribution in [3.05, 3.63) is 116 Å². The Hall–Kier alpha value is -4.43. The monoisotopic (exact) mass is 458 g/mol. The lowest BCUT2D eigenvalue weighted by molar-refractivity contribution is -0.384. The fourth-order valence-corrected chi connectivity index (χ4v) is 3.35. The Morgan fingerprint density at radius 2 is 1.18 bits per heavy atom. The van der Waals surface area contributed by atoms with Crippen LogP contribution in [0.1, 0.15) is 0 Å². The van der Waals surface area contributed by atoms with E-state index >= 15 is 0 Å². The topological polar surface area (TPSA) is 112 Å². The van der Waals surface area contributed by atoms with E-state index in [4.69, 9.17) is 11.6 Å². The van der Waals surface area contributed by atoms with Crippen LogP contribution in [0.5, 0.6) is 0 Å². The highest BCUT2D eigenvalue weighted by atomic mass is 35.5. The maximum atomic E-state index is 10.7. The number of nitro benzene ring substituents is 2. The second kappa shape index (κ2) is 9.37. The maximum Gasteiger partial charge on any atom is 0.270 e. The summed E-state index contributed by atoms with van der Waals surface area (Å²) in [5.41, 5.74) is 3.45. The van der Waals surface area contributed by atoms with Crippen LogP contribution in [0.4, 0.5) is 11.4 Å². The molecule has 0 aliphatic rings. The van der Waals surface area contributed by atoms with Crippen molar-refractivity contribution in [2.45, 2.75) is 0 Å². The van der Waals surface area contributed by atoms with Gasteiger partial charge in [-0.1, -0.05) is 48.0 Å². The number of rotatable bonds is 3. The number of fused-ring (bicyclic) bond motifs is 2. The van der Waals surface area contributed by atoms with Crippen LogP contribution in [0.15, 0.2) is 91.0 Å². The molecule has 0 N–H and O–H groups in total. The molecule has 0 atom stereocenters. The van der Waals surface area contributed by atoms with Crippen molar-refractivity contribution in [3.8, 4) is 11.3 Å². The lowest BCUT2D eigenvalue weighted by Crippen LogP contribution is -1.89. The third kappa shape index (κ3) is 5.08. The van der Waals surface area contributed by atoms with Gasteiger partial charge in [0.2, 0.25) is 0 Å². The minimum absolute atomic E-state index is 0.0571. The molecule has 0 unspecified atom stereocenters. The minimum atomic E-state index is -0.436. The van der Waals surface area contributed by atoms with Crippen molar-refractivity contribution in [1.82, 2.24) is 9.97 Å². The van der Waals surface area contributed by atoms with Gasteiger partial charge in [-0.15, -0.1) is 0 Å². The summed E-state index contributed by atoms with van der Waals surface area (Å²) in [6, 6.07) is 26.0. The molecule has 5 aromatic rings. The minimum Gasteiger partial charge on any atom is -0.258 e. The lowest BCUT2D eigenvalue weighted by atomic mass is 10.1. The van der Waals surface area contributed by atoms with E-state index in [1.54, 1.807) is 24.3 Å². The van der Waals surface area contributed by atoms with Gasteiger partial charge >= 0.3 is 0 Å². The normalized spacial score (nSPS) is 10.5. The number of hydrogen-bond donors (Lipinski definition) is 0. The zero-order valence-electron chi connectivity index (χ0n) is 17.0. The Balaban J connectivity index is 0.000000165. The van der Waals surface area contributed by atoms with Crippen molar-refractivity contribution < 1.29 is 9.85 Å². The van der Waals surface area contributed by atoms with Crippen molar-refractivity contribution in [1.29, 1.82) is 0 Å². The molecule has 33 heavy (non-hydrogen) atoms. The predicted octanol–water partition coefficient (Wildman–Crippen LogP) is 6.61. The van der Waals surface area contributed by atoms with Crippen LogP contribution in [0, 0.1) is 20.2 Å². The molecular weight excluding hydrogens is 444 g/mol. The zero-order valence-corrected chi connectivity index (χ0v) is 17.7. The lowest BCUT2D eigenvalue weighted by Gasteiger charge is -2.03. The molecule has 0 aliphatic carbocycles. The molecule has 0 bridgehead atoms. The molecule has 0 spiro atoms. The van der Waals surface area contributed by atoms with Gasteiger partial charge in [-0.05, 0) is 30.3 Å². The largest absolute Gasteiger partial charge is 0.270 e. The maximum absolute atomic E-state index is 10.7. The highest BCUT2D eigenvalue weighted by Crippen LogP contribution is 2.24. The molecule has 0 aliphatic heterocycles. The Morgan fingerprint density at radius 1 is 0.636 bits per heavy atom. The van der Waals surface area contributed by atoms with Gasteiger partial charge in [0.1, 0.15) is 5.15 Å². The SMILES string of the molecule is O=[N+]([O-])c1ccc2nc(-c3ccccc3)ccc2c1.O=[N+]([O-])c1ccc2nc(Cl)ccc2c1. The third-order valence-electron chi connectivity index (χ3n) is 4.80. The van der Waals surface area contributed by atoms with Crippen LogP contribution >= 0.6 is 11.6 Å². The van der Waals surface area contributed by atoms with Gasteiger partial charge in [-0.25, -0.2) is 9.97 Å². The predicted molar refractivity (Wildman–Crippen MR) is 127 cm³/mol. The summed E-state index contributed by atoms with van der Waals surface area (Å²) >= 11 is 5.68. The van der Waals surface area contributed by atoms with E-state index in [2.05, 4.69) is 9.97 Å². The number of aromatic nitrogens is 2. The Morgan fingerprint density at radius 3 is 1.76 bits per heavy atom. The van der Waals surface area contributed by atoms with Gasteiger partial charge in [0, 0.05) is 40.6 Å². The molecule has 9 heteroatoms. The first-order valence-corrected chi connectivity index (χ1v) is 10.1. The number of nitrogens with zero attached hydrogens (tertiary/aromatic N) is 4. The second-order valence-electron chi connectivity index (χ2n) is 6.96. The number of pyridine rings is 2. The van der Waals surface area contributed by atoms with Gasteiger partial charge in [-0.2, -0.15) is 0 Å². The van der Waals surface area contributed by atoms with Crippen molar-refractivity contribution in [2.24, 2.45) is 0 Å². The fraction of sp³-hybridized carbons (Fsp3) is 0.